The number of ether oxygens (including phenoxy) is 2. The molecule has 2 aromatic carbocycles. The third-order valence-corrected chi connectivity index (χ3v) is 5.59. The molecule has 1 aliphatic rings. The number of benzene rings is 2. The fraction of sp³-hybridized carbons (Fsp3) is 0.480. The van der Waals surface area contributed by atoms with Gasteiger partial charge in [0.25, 0.3) is 0 Å². The van der Waals surface area contributed by atoms with E-state index in [4.69, 9.17) is 9.47 Å². The minimum atomic E-state index is -0.596. The highest BCUT2D eigenvalue weighted by Gasteiger charge is 2.51. The molecule has 1 fully saturated rings. The number of carbonyl (C=O) groups excluding carboxylic acids is 1. The summed E-state index contributed by atoms with van der Waals surface area (Å²) in [5.41, 5.74) is 2.94. The van der Waals surface area contributed by atoms with Crippen LogP contribution in [0.5, 0.6) is 0 Å². The van der Waals surface area contributed by atoms with Crippen molar-refractivity contribution in [1.29, 1.82) is 0 Å². The number of aryl methyl sites for hydroxylation is 1. The van der Waals surface area contributed by atoms with Gasteiger partial charge in [-0.1, -0.05) is 74.0 Å². The summed E-state index contributed by atoms with van der Waals surface area (Å²) < 4.78 is 12.1. The van der Waals surface area contributed by atoms with Gasteiger partial charge in [0.05, 0.1) is 24.7 Å². The SMILES string of the molecule is Cc1ccc(COC2CCCC2(Cc2ccccc2)C(=O)OCC(C)C)cc1. The van der Waals surface area contributed by atoms with E-state index in [2.05, 4.69) is 57.2 Å². The average molecular weight is 381 g/mol. The molecule has 3 rings (SSSR count). The van der Waals surface area contributed by atoms with E-state index in [9.17, 15) is 4.79 Å². The molecular weight excluding hydrogens is 348 g/mol. The first-order chi connectivity index (χ1) is 13.5. The van der Waals surface area contributed by atoms with Crippen molar-refractivity contribution < 1.29 is 14.3 Å². The topological polar surface area (TPSA) is 35.5 Å². The van der Waals surface area contributed by atoms with Gasteiger partial charge in [0.15, 0.2) is 0 Å². The fourth-order valence-electron chi connectivity index (χ4n) is 4.02. The number of hydrogen-bond acceptors (Lipinski definition) is 3. The van der Waals surface area contributed by atoms with E-state index >= 15 is 0 Å². The Morgan fingerprint density at radius 1 is 1.07 bits per heavy atom. The van der Waals surface area contributed by atoms with E-state index in [-0.39, 0.29) is 12.1 Å². The predicted molar refractivity (Wildman–Crippen MR) is 112 cm³/mol. The normalized spacial score (nSPS) is 21.8. The maximum atomic E-state index is 13.2. The zero-order valence-corrected chi connectivity index (χ0v) is 17.3. The summed E-state index contributed by atoms with van der Waals surface area (Å²) in [6.45, 7) is 7.20. The van der Waals surface area contributed by atoms with Gasteiger partial charge in [0, 0.05) is 0 Å². The lowest BCUT2D eigenvalue weighted by atomic mass is 9.78. The molecule has 1 aliphatic carbocycles. The molecule has 0 saturated heterocycles. The minimum Gasteiger partial charge on any atom is -0.465 e. The van der Waals surface area contributed by atoms with Crippen LogP contribution in [0.1, 0.15) is 49.8 Å². The van der Waals surface area contributed by atoms with Crippen LogP contribution in [0, 0.1) is 18.3 Å². The van der Waals surface area contributed by atoms with Crippen LogP contribution >= 0.6 is 0 Å². The van der Waals surface area contributed by atoms with Crippen LogP contribution in [0.4, 0.5) is 0 Å². The van der Waals surface area contributed by atoms with Crippen molar-refractivity contribution in [3.8, 4) is 0 Å². The van der Waals surface area contributed by atoms with E-state index < -0.39 is 5.41 Å². The van der Waals surface area contributed by atoms with Crippen molar-refractivity contribution in [3.63, 3.8) is 0 Å². The molecule has 0 aliphatic heterocycles. The fourth-order valence-corrected chi connectivity index (χ4v) is 4.02. The summed E-state index contributed by atoms with van der Waals surface area (Å²) >= 11 is 0. The molecule has 2 aromatic rings. The maximum absolute atomic E-state index is 13.2. The van der Waals surface area contributed by atoms with E-state index in [0.717, 1.165) is 30.4 Å². The van der Waals surface area contributed by atoms with Crippen molar-refractivity contribution in [3.05, 3.63) is 71.3 Å². The zero-order valence-electron chi connectivity index (χ0n) is 17.3. The molecule has 0 spiro atoms. The third kappa shape index (κ3) is 5.02. The number of rotatable bonds is 8. The standard InChI is InChI=1S/C25H32O3/c1-19(2)17-28-24(26)25(16-21-8-5-4-6-9-21)15-7-10-23(25)27-18-22-13-11-20(3)12-14-22/h4-6,8-9,11-14,19,23H,7,10,15-18H2,1-3H3. The Labute approximate surface area is 169 Å². The number of hydrogen-bond donors (Lipinski definition) is 0. The quantitative estimate of drug-likeness (QED) is 0.568. The summed E-state index contributed by atoms with van der Waals surface area (Å²) in [6, 6.07) is 18.6. The van der Waals surface area contributed by atoms with Crippen molar-refractivity contribution >= 4 is 5.97 Å². The predicted octanol–water partition coefficient (Wildman–Crippen LogP) is 5.49. The lowest BCUT2D eigenvalue weighted by Crippen LogP contribution is -2.43. The van der Waals surface area contributed by atoms with Gasteiger partial charge in [-0.3, -0.25) is 4.79 Å². The summed E-state index contributed by atoms with van der Waals surface area (Å²) in [5.74, 6) is 0.225. The van der Waals surface area contributed by atoms with Gasteiger partial charge in [0.1, 0.15) is 0 Å². The summed E-state index contributed by atoms with van der Waals surface area (Å²) in [4.78, 5) is 13.2. The molecule has 0 amide bonds. The smallest absolute Gasteiger partial charge is 0.315 e. The summed E-state index contributed by atoms with van der Waals surface area (Å²) in [6.07, 6.45) is 3.26. The van der Waals surface area contributed by atoms with Crippen LogP contribution in [0.2, 0.25) is 0 Å². The van der Waals surface area contributed by atoms with Crippen LogP contribution in [0.3, 0.4) is 0 Å². The van der Waals surface area contributed by atoms with Crippen LogP contribution in [-0.2, 0) is 27.3 Å². The van der Waals surface area contributed by atoms with Crippen molar-refractivity contribution in [2.75, 3.05) is 6.61 Å². The van der Waals surface area contributed by atoms with Crippen molar-refractivity contribution in [1.82, 2.24) is 0 Å². The molecule has 0 N–H and O–H groups in total. The Morgan fingerprint density at radius 3 is 2.46 bits per heavy atom. The summed E-state index contributed by atoms with van der Waals surface area (Å²) in [5, 5.41) is 0. The van der Waals surface area contributed by atoms with Crippen LogP contribution in [0.25, 0.3) is 0 Å². The highest BCUT2D eigenvalue weighted by molar-refractivity contribution is 5.78. The monoisotopic (exact) mass is 380 g/mol. The lowest BCUT2D eigenvalue weighted by Gasteiger charge is -2.33. The largest absolute Gasteiger partial charge is 0.465 e. The van der Waals surface area contributed by atoms with Gasteiger partial charge in [-0.2, -0.15) is 0 Å². The number of carbonyl (C=O) groups is 1. The van der Waals surface area contributed by atoms with Gasteiger partial charge in [-0.25, -0.2) is 0 Å². The molecule has 28 heavy (non-hydrogen) atoms. The lowest BCUT2D eigenvalue weighted by molar-refractivity contribution is -0.166. The molecule has 1 saturated carbocycles. The minimum absolute atomic E-state index is 0.101. The molecule has 2 atom stereocenters. The first kappa shape index (κ1) is 20.6. The third-order valence-electron chi connectivity index (χ3n) is 5.59. The molecule has 3 nitrogen and oxygen atoms in total. The first-order valence-corrected chi connectivity index (χ1v) is 10.4. The van der Waals surface area contributed by atoms with Gasteiger partial charge in [0.2, 0.25) is 0 Å². The van der Waals surface area contributed by atoms with Gasteiger partial charge >= 0.3 is 5.97 Å². The van der Waals surface area contributed by atoms with E-state index in [1.54, 1.807) is 0 Å². The van der Waals surface area contributed by atoms with Gasteiger partial charge in [-0.05, 0) is 49.7 Å². The molecule has 0 heterocycles. The highest BCUT2D eigenvalue weighted by Crippen LogP contribution is 2.44. The highest BCUT2D eigenvalue weighted by atomic mass is 16.5. The Morgan fingerprint density at radius 2 is 1.79 bits per heavy atom. The maximum Gasteiger partial charge on any atom is 0.315 e. The molecule has 0 bridgehead atoms. The number of esters is 1. The van der Waals surface area contributed by atoms with E-state index in [1.807, 2.05) is 18.2 Å². The second-order valence-electron chi connectivity index (χ2n) is 8.49. The Bertz CT molecular complexity index is 751. The Hall–Kier alpha value is -2.13. The van der Waals surface area contributed by atoms with Crippen LogP contribution < -0.4 is 0 Å². The second-order valence-corrected chi connectivity index (χ2v) is 8.49. The van der Waals surface area contributed by atoms with Crippen LogP contribution in [-0.4, -0.2) is 18.7 Å². The first-order valence-electron chi connectivity index (χ1n) is 10.4. The summed E-state index contributed by atoms with van der Waals surface area (Å²) in [7, 11) is 0. The zero-order chi connectivity index (χ0) is 20.0. The molecule has 2 unspecified atom stereocenters. The van der Waals surface area contributed by atoms with Gasteiger partial charge in [-0.15, -0.1) is 0 Å². The average Bonchev–Trinajstić information content (AvgIpc) is 3.10. The Kier molecular flexibility index (Phi) is 6.90. The van der Waals surface area contributed by atoms with Crippen molar-refractivity contribution in [2.45, 2.75) is 59.2 Å². The van der Waals surface area contributed by atoms with Crippen molar-refractivity contribution in [2.24, 2.45) is 11.3 Å². The molecule has 3 heteroatoms. The molecule has 0 radical (unpaired) electrons. The molecule has 0 aromatic heterocycles. The molecule has 150 valence electrons. The van der Waals surface area contributed by atoms with Crippen LogP contribution in [0.15, 0.2) is 54.6 Å². The van der Waals surface area contributed by atoms with Gasteiger partial charge < -0.3 is 9.47 Å². The molecular formula is C25H32O3. The van der Waals surface area contributed by atoms with E-state index in [0.29, 0.717) is 25.6 Å². The van der Waals surface area contributed by atoms with E-state index in [1.165, 1.54) is 5.56 Å². The second kappa shape index (κ2) is 9.38. The Balaban J connectivity index is 1.78.